The minimum absolute atomic E-state index is 0.159. The van der Waals surface area contributed by atoms with Crippen LogP contribution in [0.25, 0.3) is 0 Å². The van der Waals surface area contributed by atoms with E-state index < -0.39 is 18.1 Å². The predicted molar refractivity (Wildman–Crippen MR) is 77.7 cm³/mol. The van der Waals surface area contributed by atoms with Gasteiger partial charge in [-0.1, -0.05) is 44.2 Å². The van der Waals surface area contributed by atoms with Crippen LogP contribution in [0.4, 0.5) is 4.79 Å². The fraction of sp³-hybridized carbons (Fsp3) is 0.500. The SMILES string of the molecule is CC1CC(C(=O)O)N(C(=O)OCc2ccccc2)CC1C. The number of carboxylic acid groups (broad SMARTS) is 1. The number of amides is 1. The molecule has 21 heavy (non-hydrogen) atoms. The number of nitrogens with zero attached hydrogens (tertiary/aromatic N) is 1. The summed E-state index contributed by atoms with van der Waals surface area (Å²) in [6, 6.07) is 8.56. The van der Waals surface area contributed by atoms with Crippen molar-refractivity contribution in [2.75, 3.05) is 6.54 Å². The maximum Gasteiger partial charge on any atom is 0.410 e. The van der Waals surface area contributed by atoms with Gasteiger partial charge in [0.15, 0.2) is 0 Å². The molecule has 1 heterocycles. The summed E-state index contributed by atoms with van der Waals surface area (Å²) in [7, 11) is 0. The number of ether oxygens (including phenoxy) is 1. The van der Waals surface area contributed by atoms with Crippen LogP contribution in [0.2, 0.25) is 0 Å². The number of hydrogen-bond donors (Lipinski definition) is 1. The van der Waals surface area contributed by atoms with Gasteiger partial charge in [0, 0.05) is 6.54 Å². The third-order valence-corrected chi connectivity index (χ3v) is 4.15. The zero-order valence-electron chi connectivity index (χ0n) is 12.4. The standard InChI is InChI=1S/C16H21NO4/c1-11-8-14(15(18)19)17(9-12(11)2)16(20)21-10-13-6-4-3-5-7-13/h3-7,11-12,14H,8-10H2,1-2H3,(H,18,19). The number of rotatable bonds is 3. The highest BCUT2D eigenvalue weighted by Crippen LogP contribution is 2.28. The first-order valence-corrected chi connectivity index (χ1v) is 7.19. The van der Waals surface area contributed by atoms with Crippen LogP contribution in [-0.4, -0.2) is 34.7 Å². The first-order chi connectivity index (χ1) is 9.99. The number of piperidine rings is 1. The van der Waals surface area contributed by atoms with E-state index in [4.69, 9.17) is 4.74 Å². The van der Waals surface area contributed by atoms with Crippen molar-refractivity contribution in [3.63, 3.8) is 0 Å². The number of hydrogen-bond acceptors (Lipinski definition) is 3. The molecule has 1 aromatic rings. The summed E-state index contributed by atoms with van der Waals surface area (Å²) in [5.41, 5.74) is 0.885. The average molecular weight is 291 g/mol. The van der Waals surface area contributed by atoms with Gasteiger partial charge in [-0.25, -0.2) is 9.59 Å². The molecule has 1 N–H and O–H groups in total. The minimum Gasteiger partial charge on any atom is -0.480 e. The third kappa shape index (κ3) is 3.74. The Morgan fingerprint density at radius 2 is 1.90 bits per heavy atom. The van der Waals surface area contributed by atoms with E-state index in [1.165, 1.54) is 4.90 Å². The monoisotopic (exact) mass is 291 g/mol. The molecular formula is C16H21NO4. The van der Waals surface area contributed by atoms with Crippen LogP contribution >= 0.6 is 0 Å². The molecule has 1 amide bonds. The summed E-state index contributed by atoms with van der Waals surface area (Å²) < 4.78 is 5.26. The van der Waals surface area contributed by atoms with Crippen molar-refractivity contribution in [3.05, 3.63) is 35.9 Å². The Balaban J connectivity index is 2.00. The highest BCUT2D eigenvalue weighted by molar-refractivity contribution is 5.80. The molecular weight excluding hydrogens is 270 g/mol. The molecule has 3 unspecified atom stereocenters. The van der Waals surface area contributed by atoms with Gasteiger partial charge in [0.1, 0.15) is 12.6 Å². The Bertz CT molecular complexity index is 502. The fourth-order valence-corrected chi connectivity index (χ4v) is 2.57. The van der Waals surface area contributed by atoms with Gasteiger partial charge in [-0.15, -0.1) is 0 Å². The zero-order valence-corrected chi connectivity index (χ0v) is 12.4. The average Bonchev–Trinajstić information content (AvgIpc) is 2.48. The summed E-state index contributed by atoms with van der Waals surface area (Å²) in [6.07, 6.45) is -0.0817. The van der Waals surface area contributed by atoms with E-state index in [1.807, 2.05) is 44.2 Å². The van der Waals surface area contributed by atoms with Crippen molar-refractivity contribution < 1.29 is 19.4 Å². The lowest BCUT2D eigenvalue weighted by Crippen LogP contribution is -2.52. The van der Waals surface area contributed by atoms with Gasteiger partial charge in [-0.2, -0.15) is 0 Å². The highest BCUT2D eigenvalue weighted by atomic mass is 16.6. The Morgan fingerprint density at radius 1 is 1.24 bits per heavy atom. The molecule has 2 rings (SSSR count). The van der Waals surface area contributed by atoms with E-state index in [9.17, 15) is 14.7 Å². The van der Waals surface area contributed by atoms with Crippen LogP contribution in [0.15, 0.2) is 30.3 Å². The Kier molecular flexibility index (Phi) is 4.83. The second-order valence-corrected chi connectivity index (χ2v) is 5.74. The topological polar surface area (TPSA) is 66.8 Å². The van der Waals surface area contributed by atoms with Gasteiger partial charge < -0.3 is 9.84 Å². The van der Waals surface area contributed by atoms with E-state index in [2.05, 4.69) is 0 Å². The number of likely N-dealkylation sites (tertiary alicyclic amines) is 1. The molecule has 0 saturated carbocycles. The van der Waals surface area contributed by atoms with Crippen LogP contribution in [0.1, 0.15) is 25.8 Å². The van der Waals surface area contributed by atoms with Crippen molar-refractivity contribution in [1.29, 1.82) is 0 Å². The summed E-state index contributed by atoms with van der Waals surface area (Å²) in [6.45, 7) is 4.63. The quantitative estimate of drug-likeness (QED) is 0.930. The second-order valence-electron chi connectivity index (χ2n) is 5.74. The first-order valence-electron chi connectivity index (χ1n) is 7.19. The molecule has 114 valence electrons. The van der Waals surface area contributed by atoms with Gasteiger partial charge in [0.25, 0.3) is 0 Å². The van der Waals surface area contributed by atoms with Crippen LogP contribution in [-0.2, 0) is 16.1 Å². The Morgan fingerprint density at radius 3 is 2.52 bits per heavy atom. The smallest absolute Gasteiger partial charge is 0.410 e. The molecule has 0 aliphatic carbocycles. The van der Waals surface area contributed by atoms with E-state index in [0.717, 1.165) is 5.56 Å². The molecule has 5 nitrogen and oxygen atoms in total. The lowest BCUT2D eigenvalue weighted by Gasteiger charge is -2.39. The molecule has 1 aliphatic heterocycles. The summed E-state index contributed by atoms with van der Waals surface area (Å²) in [5, 5.41) is 9.30. The molecule has 0 bridgehead atoms. The number of benzene rings is 1. The molecule has 3 atom stereocenters. The van der Waals surface area contributed by atoms with Crippen LogP contribution in [0.5, 0.6) is 0 Å². The highest BCUT2D eigenvalue weighted by Gasteiger charge is 2.38. The molecule has 1 aliphatic rings. The summed E-state index contributed by atoms with van der Waals surface area (Å²) in [4.78, 5) is 24.9. The van der Waals surface area contributed by atoms with Gasteiger partial charge >= 0.3 is 12.1 Å². The van der Waals surface area contributed by atoms with Crippen molar-refractivity contribution in [3.8, 4) is 0 Å². The van der Waals surface area contributed by atoms with Gasteiger partial charge in [0.2, 0.25) is 0 Å². The number of carbonyl (C=O) groups excluding carboxylic acids is 1. The number of carbonyl (C=O) groups is 2. The van der Waals surface area contributed by atoms with Crippen molar-refractivity contribution in [2.45, 2.75) is 32.9 Å². The first kappa shape index (κ1) is 15.4. The van der Waals surface area contributed by atoms with Crippen LogP contribution in [0, 0.1) is 11.8 Å². The Labute approximate surface area is 124 Å². The van der Waals surface area contributed by atoms with Crippen LogP contribution in [0.3, 0.4) is 0 Å². The van der Waals surface area contributed by atoms with Gasteiger partial charge in [-0.05, 0) is 23.8 Å². The van der Waals surface area contributed by atoms with Crippen LogP contribution < -0.4 is 0 Å². The predicted octanol–water partition coefficient (Wildman–Crippen LogP) is 2.75. The summed E-state index contributed by atoms with van der Waals surface area (Å²) in [5.74, 6) is -0.417. The molecule has 1 fully saturated rings. The van der Waals surface area contributed by atoms with Gasteiger partial charge in [-0.3, -0.25) is 4.90 Å². The number of carboxylic acids is 1. The number of aliphatic carboxylic acids is 1. The Hall–Kier alpha value is -2.04. The molecule has 1 saturated heterocycles. The molecule has 0 aromatic heterocycles. The summed E-state index contributed by atoms with van der Waals surface area (Å²) >= 11 is 0. The molecule has 1 aromatic carbocycles. The second kappa shape index (κ2) is 6.61. The van der Waals surface area contributed by atoms with E-state index in [0.29, 0.717) is 13.0 Å². The maximum atomic E-state index is 12.2. The molecule has 5 heteroatoms. The van der Waals surface area contributed by atoms with E-state index in [1.54, 1.807) is 0 Å². The maximum absolute atomic E-state index is 12.2. The zero-order chi connectivity index (χ0) is 15.4. The lowest BCUT2D eigenvalue weighted by atomic mass is 9.84. The lowest BCUT2D eigenvalue weighted by molar-refractivity contribution is -0.145. The fourth-order valence-electron chi connectivity index (χ4n) is 2.57. The van der Waals surface area contributed by atoms with Crippen molar-refractivity contribution >= 4 is 12.1 Å². The minimum atomic E-state index is -0.967. The van der Waals surface area contributed by atoms with Crippen molar-refractivity contribution in [2.24, 2.45) is 11.8 Å². The molecule has 0 radical (unpaired) electrons. The molecule has 0 spiro atoms. The van der Waals surface area contributed by atoms with Gasteiger partial charge in [0.05, 0.1) is 0 Å². The third-order valence-electron chi connectivity index (χ3n) is 4.15. The van der Waals surface area contributed by atoms with E-state index >= 15 is 0 Å². The normalized spacial score (nSPS) is 25.4. The van der Waals surface area contributed by atoms with E-state index in [-0.39, 0.29) is 18.4 Å². The van der Waals surface area contributed by atoms with Crippen molar-refractivity contribution in [1.82, 2.24) is 4.90 Å². The largest absolute Gasteiger partial charge is 0.480 e.